The Kier molecular flexibility index (Phi) is 5.33. The predicted molar refractivity (Wildman–Crippen MR) is 83.2 cm³/mol. The molecule has 1 atom stereocenters. The minimum absolute atomic E-state index is 0.255. The van der Waals surface area contributed by atoms with Gasteiger partial charge >= 0.3 is 6.03 Å². The number of imide groups is 1. The molecule has 1 heterocycles. The van der Waals surface area contributed by atoms with Crippen LogP contribution in [0.25, 0.3) is 0 Å². The van der Waals surface area contributed by atoms with Crippen molar-refractivity contribution in [3.63, 3.8) is 0 Å². The summed E-state index contributed by atoms with van der Waals surface area (Å²) in [6.45, 7) is 5.24. The topological polar surface area (TPSA) is 61.4 Å². The van der Waals surface area contributed by atoms with E-state index in [9.17, 15) is 9.59 Å². The second kappa shape index (κ2) is 7.22. The Labute approximate surface area is 125 Å². The smallest absolute Gasteiger partial charge is 0.307 e. The Morgan fingerprint density at radius 1 is 1.29 bits per heavy atom. The standard InChI is InChI=1S/C16H23N3O2/c1-12-7-3-4-9-14(12)17-16(21)18-15(20)11-19-10-6-5-8-13(19)2/h3-4,7,9,13H,5-6,8,10-11H2,1-2H3,(H2,17,18,20,21). The molecule has 5 heteroatoms. The molecule has 2 N–H and O–H groups in total. The zero-order valence-electron chi connectivity index (χ0n) is 12.7. The van der Waals surface area contributed by atoms with Gasteiger partial charge in [0.2, 0.25) is 5.91 Å². The summed E-state index contributed by atoms with van der Waals surface area (Å²) in [4.78, 5) is 25.9. The number of carbonyl (C=O) groups is 2. The van der Waals surface area contributed by atoms with E-state index in [0.717, 1.165) is 24.9 Å². The van der Waals surface area contributed by atoms with Gasteiger partial charge in [-0.1, -0.05) is 24.6 Å². The third-order valence-corrected chi connectivity index (χ3v) is 3.93. The number of nitrogens with one attached hydrogen (secondary N) is 2. The highest BCUT2D eigenvalue weighted by atomic mass is 16.2. The molecule has 21 heavy (non-hydrogen) atoms. The lowest BCUT2D eigenvalue weighted by Gasteiger charge is -2.32. The highest BCUT2D eigenvalue weighted by Crippen LogP contribution is 2.15. The van der Waals surface area contributed by atoms with E-state index < -0.39 is 6.03 Å². The number of rotatable bonds is 3. The average Bonchev–Trinajstić information content (AvgIpc) is 2.44. The Balaban J connectivity index is 1.82. The summed E-state index contributed by atoms with van der Waals surface area (Å²) in [5.74, 6) is -0.255. The number of piperidine rings is 1. The monoisotopic (exact) mass is 289 g/mol. The van der Waals surface area contributed by atoms with Crippen molar-refractivity contribution in [2.24, 2.45) is 0 Å². The van der Waals surface area contributed by atoms with Crippen molar-refractivity contribution < 1.29 is 9.59 Å². The van der Waals surface area contributed by atoms with Crippen LogP contribution in [0.3, 0.4) is 0 Å². The van der Waals surface area contributed by atoms with Gasteiger partial charge in [-0.05, 0) is 44.9 Å². The van der Waals surface area contributed by atoms with E-state index in [1.54, 1.807) is 0 Å². The number of anilines is 1. The van der Waals surface area contributed by atoms with E-state index in [0.29, 0.717) is 11.7 Å². The molecule has 2 rings (SSSR count). The molecule has 1 saturated heterocycles. The van der Waals surface area contributed by atoms with E-state index in [1.165, 1.54) is 6.42 Å². The highest BCUT2D eigenvalue weighted by molar-refractivity contribution is 6.02. The number of nitrogens with zero attached hydrogens (tertiary/aromatic N) is 1. The van der Waals surface area contributed by atoms with Gasteiger partial charge in [-0.3, -0.25) is 15.0 Å². The maximum atomic E-state index is 11.9. The first-order valence-corrected chi connectivity index (χ1v) is 7.47. The van der Waals surface area contributed by atoms with Crippen LogP contribution in [0.4, 0.5) is 10.5 Å². The minimum Gasteiger partial charge on any atom is -0.307 e. The van der Waals surface area contributed by atoms with Crippen molar-refractivity contribution in [3.8, 4) is 0 Å². The Morgan fingerprint density at radius 3 is 2.76 bits per heavy atom. The first-order valence-electron chi connectivity index (χ1n) is 7.47. The molecular weight excluding hydrogens is 266 g/mol. The van der Waals surface area contributed by atoms with Gasteiger partial charge in [-0.25, -0.2) is 4.79 Å². The van der Waals surface area contributed by atoms with Gasteiger partial charge in [0.15, 0.2) is 0 Å². The Morgan fingerprint density at radius 2 is 2.05 bits per heavy atom. The summed E-state index contributed by atoms with van der Waals surface area (Å²) in [6, 6.07) is 7.41. The van der Waals surface area contributed by atoms with Crippen molar-refractivity contribution in [2.45, 2.75) is 39.2 Å². The SMILES string of the molecule is Cc1ccccc1NC(=O)NC(=O)CN1CCCCC1C. The summed E-state index contributed by atoms with van der Waals surface area (Å²) >= 11 is 0. The predicted octanol–water partition coefficient (Wildman–Crippen LogP) is 2.52. The quantitative estimate of drug-likeness (QED) is 0.899. The number of para-hydroxylation sites is 1. The summed E-state index contributed by atoms with van der Waals surface area (Å²) in [5, 5.41) is 5.09. The molecule has 3 amide bonds. The number of amides is 3. The molecule has 1 aliphatic rings. The summed E-state index contributed by atoms with van der Waals surface area (Å²) in [7, 11) is 0. The molecule has 1 aliphatic heterocycles. The van der Waals surface area contributed by atoms with Crippen LogP contribution in [0.1, 0.15) is 31.7 Å². The fraction of sp³-hybridized carbons (Fsp3) is 0.500. The van der Waals surface area contributed by atoms with Crippen LogP contribution < -0.4 is 10.6 Å². The van der Waals surface area contributed by atoms with Gasteiger partial charge in [0.1, 0.15) is 0 Å². The zero-order chi connectivity index (χ0) is 15.2. The van der Waals surface area contributed by atoms with Gasteiger partial charge in [-0.15, -0.1) is 0 Å². The number of likely N-dealkylation sites (tertiary alicyclic amines) is 1. The van der Waals surface area contributed by atoms with Gasteiger partial charge in [0.05, 0.1) is 6.54 Å². The molecule has 0 aliphatic carbocycles. The molecule has 0 aromatic heterocycles. The summed E-state index contributed by atoms with van der Waals surface area (Å²) in [5.41, 5.74) is 1.68. The van der Waals surface area contributed by atoms with Crippen LogP contribution in [-0.2, 0) is 4.79 Å². The molecule has 0 saturated carbocycles. The molecule has 0 radical (unpaired) electrons. The second-order valence-corrected chi connectivity index (χ2v) is 5.63. The van der Waals surface area contributed by atoms with Crippen LogP contribution in [0, 0.1) is 6.92 Å². The largest absolute Gasteiger partial charge is 0.325 e. The average molecular weight is 289 g/mol. The molecule has 0 bridgehead atoms. The fourth-order valence-corrected chi connectivity index (χ4v) is 2.61. The van der Waals surface area contributed by atoms with Crippen molar-refractivity contribution in [2.75, 3.05) is 18.4 Å². The normalized spacial score (nSPS) is 19.0. The molecule has 1 unspecified atom stereocenters. The summed E-state index contributed by atoms with van der Waals surface area (Å²) < 4.78 is 0. The van der Waals surface area contributed by atoms with E-state index >= 15 is 0 Å². The molecule has 1 aromatic rings. The molecule has 1 aromatic carbocycles. The van der Waals surface area contributed by atoms with E-state index in [4.69, 9.17) is 0 Å². The van der Waals surface area contributed by atoms with Crippen LogP contribution in [0.15, 0.2) is 24.3 Å². The van der Waals surface area contributed by atoms with Gasteiger partial charge in [0.25, 0.3) is 0 Å². The Hall–Kier alpha value is -1.88. The highest BCUT2D eigenvalue weighted by Gasteiger charge is 2.21. The van der Waals surface area contributed by atoms with Gasteiger partial charge < -0.3 is 5.32 Å². The van der Waals surface area contributed by atoms with Crippen LogP contribution in [-0.4, -0.2) is 36.0 Å². The summed E-state index contributed by atoms with van der Waals surface area (Å²) in [6.07, 6.45) is 3.45. The van der Waals surface area contributed by atoms with Crippen LogP contribution in [0.5, 0.6) is 0 Å². The minimum atomic E-state index is -0.473. The first kappa shape index (κ1) is 15.5. The van der Waals surface area contributed by atoms with Gasteiger partial charge in [-0.2, -0.15) is 0 Å². The van der Waals surface area contributed by atoms with Crippen molar-refractivity contribution >= 4 is 17.6 Å². The molecule has 5 nitrogen and oxygen atoms in total. The van der Waals surface area contributed by atoms with Crippen molar-refractivity contribution in [1.29, 1.82) is 0 Å². The second-order valence-electron chi connectivity index (χ2n) is 5.63. The molecular formula is C16H23N3O2. The number of hydrogen-bond acceptors (Lipinski definition) is 3. The first-order chi connectivity index (χ1) is 10.1. The molecule has 1 fully saturated rings. The maximum Gasteiger partial charge on any atom is 0.325 e. The van der Waals surface area contributed by atoms with E-state index in [-0.39, 0.29) is 12.5 Å². The number of hydrogen-bond donors (Lipinski definition) is 2. The molecule has 114 valence electrons. The van der Waals surface area contributed by atoms with Crippen LogP contribution >= 0.6 is 0 Å². The number of aryl methyl sites for hydroxylation is 1. The third kappa shape index (κ3) is 4.56. The number of carbonyl (C=O) groups excluding carboxylic acids is 2. The van der Waals surface area contributed by atoms with E-state index in [2.05, 4.69) is 22.5 Å². The maximum absolute atomic E-state index is 11.9. The fourth-order valence-electron chi connectivity index (χ4n) is 2.61. The number of urea groups is 1. The van der Waals surface area contributed by atoms with Gasteiger partial charge in [0, 0.05) is 11.7 Å². The van der Waals surface area contributed by atoms with Crippen molar-refractivity contribution in [3.05, 3.63) is 29.8 Å². The van der Waals surface area contributed by atoms with Crippen LogP contribution in [0.2, 0.25) is 0 Å². The zero-order valence-corrected chi connectivity index (χ0v) is 12.7. The Bertz CT molecular complexity index is 516. The lowest BCUT2D eigenvalue weighted by Crippen LogP contribution is -2.46. The number of benzene rings is 1. The van der Waals surface area contributed by atoms with E-state index in [1.807, 2.05) is 31.2 Å². The lowest BCUT2D eigenvalue weighted by atomic mass is 10.0. The lowest BCUT2D eigenvalue weighted by molar-refractivity contribution is -0.121. The third-order valence-electron chi connectivity index (χ3n) is 3.93. The van der Waals surface area contributed by atoms with Crippen molar-refractivity contribution in [1.82, 2.24) is 10.2 Å². The molecule has 0 spiro atoms.